The fourth-order valence-corrected chi connectivity index (χ4v) is 0.903. The van der Waals surface area contributed by atoms with Crippen LogP contribution in [0.4, 0.5) is 8.78 Å². The Labute approximate surface area is 77.3 Å². The van der Waals surface area contributed by atoms with E-state index in [9.17, 15) is 13.6 Å². The number of carbonyl (C=O) groups is 1. The van der Waals surface area contributed by atoms with Gasteiger partial charge in [0.1, 0.15) is 23.3 Å². The molecule has 0 bridgehead atoms. The third-order valence-corrected chi connectivity index (χ3v) is 1.60. The van der Waals surface area contributed by atoms with Crippen molar-refractivity contribution in [2.75, 3.05) is 0 Å². The van der Waals surface area contributed by atoms with Crippen molar-refractivity contribution in [3.05, 3.63) is 34.9 Å². The van der Waals surface area contributed by atoms with Crippen LogP contribution >= 0.6 is 11.6 Å². The maximum Gasteiger partial charge on any atom is 0.252 e. The minimum Gasteiger partial charge on any atom is -0.276 e. The van der Waals surface area contributed by atoms with Gasteiger partial charge in [-0.05, 0) is 23.7 Å². The van der Waals surface area contributed by atoms with Crippen LogP contribution in [0.15, 0.2) is 12.1 Å². The number of rotatable bonds is 1. The highest BCUT2D eigenvalue weighted by Crippen LogP contribution is 2.15. The number of nitrogens with zero attached hydrogens (tertiary/aromatic N) is 1. The van der Waals surface area contributed by atoms with Crippen molar-refractivity contribution in [3.8, 4) is 6.07 Å². The zero-order valence-corrected chi connectivity index (χ0v) is 6.90. The van der Waals surface area contributed by atoms with Crippen molar-refractivity contribution in [2.24, 2.45) is 0 Å². The topological polar surface area (TPSA) is 40.9 Å². The SMILES string of the molecule is N#Cc1c(F)cc(C(=O)Cl)cc1F. The van der Waals surface area contributed by atoms with Crippen molar-refractivity contribution < 1.29 is 13.6 Å². The molecule has 0 radical (unpaired) electrons. The molecular weight excluding hydrogens is 200 g/mol. The van der Waals surface area contributed by atoms with Gasteiger partial charge in [-0.25, -0.2) is 8.78 Å². The average molecular weight is 202 g/mol. The van der Waals surface area contributed by atoms with Gasteiger partial charge in [0.25, 0.3) is 5.24 Å². The van der Waals surface area contributed by atoms with E-state index in [1.165, 1.54) is 6.07 Å². The summed E-state index contributed by atoms with van der Waals surface area (Å²) in [5.74, 6) is -2.18. The number of hydrogen-bond donors (Lipinski definition) is 0. The molecule has 0 amide bonds. The summed E-state index contributed by atoms with van der Waals surface area (Å²) >= 11 is 4.99. The van der Waals surface area contributed by atoms with E-state index in [4.69, 9.17) is 16.9 Å². The van der Waals surface area contributed by atoms with Gasteiger partial charge in [0, 0.05) is 5.56 Å². The Balaban J connectivity index is 3.39. The number of halogens is 3. The molecule has 66 valence electrons. The third-order valence-electron chi connectivity index (χ3n) is 1.38. The zero-order chi connectivity index (χ0) is 10.0. The van der Waals surface area contributed by atoms with E-state index in [0.717, 1.165) is 12.1 Å². The molecule has 0 spiro atoms. The van der Waals surface area contributed by atoms with Crippen LogP contribution in [-0.2, 0) is 0 Å². The quantitative estimate of drug-likeness (QED) is 0.654. The van der Waals surface area contributed by atoms with Gasteiger partial charge in [-0.15, -0.1) is 0 Å². The second kappa shape index (κ2) is 3.50. The van der Waals surface area contributed by atoms with E-state index in [-0.39, 0.29) is 5.56 Å². The van der Waals surface area contributed by atoms with Crippen molar-refractivity contribution in [1.82, 2.24) is 0 Å². The van der Waals surface area contributed by atoms with Gasteiger partial charge in [-0.1, -0.05) is 0 Å². The van der Waals surface area contributed by atoms with Gasteiger partial charge in [0.2, 0.25) is 0 Å². The van der Waals surface area contributed by atoms with Crippen LogP contribution in [0.25, 0.3) is 0 Å². The molecule has 0 unspecified atom stereocenters. The van der Waals surface area contributed by atoms with Gasteiger partial charge in [0.05, 0.1) is 0 Å². The summed E-state index contributed by atoms with van der Waals surface area (Å²) < 4.78 is 25.6. The van der Waals surface area contributed by atoms with Crippen LogP contribution < -0.4 is 0 Å². The Kier molecular flexibility index (Phi) is 2.59. The molecule has 1 aromatic carbocycles. The van der Waals surface area contributed by atoms with E-state index >= 15 is 0 Å². The van der Waals surface area contributed by atoms with Gasteiger partial charge >= 0.3 is 0 Å². The van der Waals surface area contributed by atoms with Gasteiger partial charge < -0.3 is 0 Å². The predicted molar refractivity (Wildman–Crippen MR) is 41.3 cm³/mol. The van der Waals surface area contributed by atoms with Gasteiger partial charge in [0.15, 0.2) is 0 Å². The zero-order valence-electron chi connectivity index (χ0n) is 6.14. The molecule has 0 saturated heterocycles. The third kappa shape index (κ3) is 1.82. The number of carbonyl (C=O) groups excluding carboxylic acids is 1. The molecular formula is C8H2ClF2NO. The fraction of sp³-hybridized carbons (Fsp3) is 0. The van der Waals surface area contributed by atoms with Crippen LogP contribution in [-0.4, -0.2) is 5.24 Å². The number of nitriles is 1. The summed E-state index contributed by atoms with van der Waals surface area (Å²) in [5, 5.41) is 7.31. The molecule has 1 rings (SSSR count). The number of hydrogen-bond acceptors (Lipinski definition) is 2. The molecule has 0 atom stereocenters. The Morgan fingerprint density at radius 3 is 2.15 bits per heavy atom. The molecule has 0 N–H and O–H groups in total. The maximum absolute atomic E-state index is 12.8. The highest BCUT2D eigenvalue weighted by Gasteiger charge is 2.13. The van der Waals surface area contributed by atoms with E-state index in [1.807, 2.05) is 0 Å². The van der Waals surface area contributed by atoms with Crippen LogP contribution in [0.2, 0.25) is 0 Å². The first-order chi connectivity index (χ1) is 6.06. The second-order valence-corrected chi connectivity index (χ2v) is 2.54. The molecule has 0 heterocycles. The normalized spacial score (nSPS) is 9.38. The standard InChI is InChI=1S/C8H2ClF2NO/c9-8(13)4-1-6(10)5(3-12)7(11)2-4/h1-2H. The van der Waals surface area contributed by atoms with Crippen molar-refractivity contribution >= 4 is 16.8 Å². The van der Waals surface area contributed by atoms with Crippen molar-refractivity contribution in [1.29, 1.82) is 5.26 Å². The highest BCUT2D eigenvalue weighted by atomic mass is 35.5. The molecule has 13 heavy (non-hydrogen) atoms. The monoisotopic (exact) mass is 201 g/mol. The Hall–Kier alpha value is -1.47. The molecule has 0 aliphatic carbocycles. The lowest BCUT2D eigenvalue weighted by Crippen LogP contribution is -1.96. The van der Waals surface area contributed by atoms with E-state index in [1.54, 1.807) is 0 Å². The van der Waals surface area contributed by atoms with E-state index in [2.05, 4.69) is 0 Å². The van der Waals surface area contributed by atoms with Gasteiger partial charge in [-0.3, -0.25) is 4.79 Å². The molecule has 5 heteroatoms. The summed E-state index contributed by atoms with van der Waals surface area (Å²) in [4.78, 5) is 10.5. The molecule has 0 aliphatic heterocycles. The first kappa shape index (κ1) is 9.62. The van der Waals surface area contributed by atoms with Crippen LogP contribution in [0.3, 0.4) is 0 Å². The first-order valence-corrected chi connectivity index (χ1v) is 3.53. The van der Waals surface area contributed by atoms with Crippen molar-refractivity contribution in [3.63, 3.8) is 0 Å². The first-order valence-electron chi connectivity index (χ1n) is 3.15. The van der Waals surface area contributed by atoms with E-state index < -0.39 is 22.4 Å². The molecule has 0 aliphatic rings. The molecule has 0 saturated carbocycles. The molecule has 1 aromatic rings. The Bertz CT molecular complexity index is 388. The summed E-state index contributed by atoms with van der Waals surface area (Å²) in [6.45, 7) is 0. The summed E-state index contributed by atoms with van der Waals surface area (Å²) in [5.41, 5.74) is -1.03. The Morgan fingerprint density at radius 2 is 1.85 bits per heavy atom. The lowest BCUT2D eigenvalue weighted by atomic mass is 10.1. The lowest BCUT2D eigenvalue weighted by Gasteiger charge is -1.97. The van der Waals surface area contributed by atoms with Crippen LogP contribution in [0.5, 0.6) is 0 Å². The van der Waals surface area contributed by atoms with Crippen LogP contribution in [0.1, 0.15) is 15.9 Å². The highest BCUT2D eigenvalue weighted by molar-refractivity contribution is 6.67. The second-order valence-electron chi connectivity index (χ2n) is 2.20. The molecule has 2 nitrogen and oxygen atoms in total. The van der Waals surface area contributed by atoms with Crippen LogP contribution in [0, 0.1) is 23.0 Å². The van der Waals surface area contributed by atoms with Gasteiger partial charge in [-0.2, -0.15) is 5.26 Å². The van der Waals surface area contributed by atoms with Crippen molar-refractivity contribution in [2.45, 2.75) is 0 Å². The Morgan fingerprint density at radius 1 is 1.38 bits per heavy atom. The maximum atomic E-state index is 12.8. The predicted octanol–water partition coefficient (Wildman–Crippen LogP) is 2.22. The summed E-state index contributed by atoms with van der Waals surface area (Å²) in [6, 6.07) is 2.76. The minimum absolute atomic E-state index is 0.310. The molecule has 0 aromatic heterocycles. The summed E-state index contributed by atoms with van der Waals surface area (Å²) in [6.07, 6.45) is 0. The fourth-order valence-electron chi connectivity index (χ4n) is 0.793. The number of benzene rings is 1. The van der Waals surface area contributed by atoms with E-state index in [0.29, 0.717) is 0 Å². The molecule has 0 fully saturated rings. The lowest BCUT2D eigenvalue weighted by molar-refractivity contribution is 0.108. The smallest absolute Gasteiger partial charge is 0.252 e. The average Bonchev–Trinajstić information content (AvgIpc) is 2.03. The minimum atomic E-state index is -1.09. The largest absolute Gasteiger partial charge is 0.276 e. The summed E-state index contributed by atoms with van der Waals surface area (Å²) in [7, 11) is 0.